The van der Waals surface area contributed by atoms with Gasteiger partial charge in [-0.05, 0) is 11.5 Å². The first-order chi connectivity index (χ1) is 7.84. The predicted molar refractivity (Wildman–Crippen MR) is 57.9 cm³/mol. The molecule has 3 aromatic rings. The average Bonchev–Trinajstić information content (AvgIpc) is 2.75. The fraction of sp³-hybridized carbons (Fsp3) is 0. The van der Waals surface area contributed by atoms with E-state index in [1.807, 2.05) is 30.3 Å². The van der Waals surface area contributed by atoms with Gasteiger partial charge in [-0.25, -0.2) is 9.89 Å². The maximum absolute atomic E-state index is 10.9. The Kier molecular flexibility index (Phi) is 1.83. The molecule has 0 saturated carbocycles. The monoisotopic (exact) mass is 213 g/mol. The Hall–Kier alpha value is -2.43. The summed E-state index contributed by atoms with van der Waals surface area (Å²) in [7, 11) is 0. The van der Waals surface area contributed by atoms with Gasteiger partial charge in [0.15, 0.2) is 0 Å². The van der Waals surface area contributed by atoms with Crippen molar-refractivity contribution in [3.63, 3.8) is 0 Å². The third-order valence-corrected chi connectivity index (χ3v) is 2.31. The molecule has 0 amide bonds. The van der Waals surface area contributed by atoms with Gasteiger partial charge in [0.25, 0.3) is 5.89 Å². The van der Waals surface area contributed by atoms with Crippen molar-refractivity contribution in [1.29, 1.82) is 0 Å². The Morgan fingerprint density at radius 2 is 2.06 bits per heavy atom. The highest BCUT2D eigenvalue weighted by Gasteiger charge is 2.10. The summed E-state index contributed by atoms with van der Waals surface area (Å²) in [6.07, 6.45) is 1.66. The molecule has 0 saturated heterocycles. The summed E-state index contributed by atoms with van der Waals surface area (Å²) >= 11 is 0. The number of fused-ring (bicyclic) bond motifs is 1. The smallest absolute Gasteiger partial charge is 0.386 e. The molecule has 2 heterocycles. The van der Waals surface area contributed by atoms with Crippen molar-refractivity contribution in [2.75, 3.05) is 0 Å². The number of hydrogen-bond acceptors (Lipinski definition) is 4. The molecule has 1 N–H and O–H groups in total. The lowest BCUT2D eigenvalue weighted by Crippen LogP contribution is -1.93. The minimum atomic E-state index is -0.579. The number of pyridine rings is 1. The van der Waals surface area contributed by atoms with E-state index < -0.39 is 5.76 Å². The van der Waals surface area contributed by atoms with Gasteiger partial charge < -0.3 is 4.42 Å². The minimum Gasteiger partial charge on any atom is -0.386 e. The molecule has 2 aromatic heterocycles. The van der Waals surface area contributed by atoms with Crippen LogP contribution in [0.15, 0.2) is 45.7 Å². The van der Waals surface area contributed by atoms with E-state index in [2.05, 4.69) is 15.2 Å². The zero-order valence-corrected chi connectivity index (χ0v) is 8.18. The predicted octanol–water partition coefficient (Wildman–Crippen LogP) is 1.58. The van der Waals surface area contributed by atoms with Crippen molar-refractivity contribution in [2.45, 2.75) is 0 Å². The van der Waals surface area contributed by atoms with Gasteiger partial charge in [0.2, 0.25) is 0 Å². The first kappa shape index (κ1) is 8.84. The van der Waals surface area contributed by atoms with Crippen LogP contribution < -0.4 is 5.76 Å². The second-order valence-corrected chi connectivity index (χ2v) is 3.30. The van der Waals surface area contributed by atoms with Crippen LogP contribution in [-0.2, 0) is 0 Å². The number of H-pyrrole nitrogens is 1. The standard InChI is InChI=1S/C11H7N3O2/c15-11-14-13-10(16-11)9-8-4-2-1-3-7(8)5-6-12-9/h1-6H,(H,14,15). The van der Waals surface area contributed by atoms with Gasteiger partial charge >= 0.3 is 5.76 Å². The number of aromatic amines is 1. The van der Waals surface area contributed by atoms with E-state index in [1.54, 1.807) is 6.20 Å². The van der Waals surface area contributed by atoms with E-state index in [0.717, 1.165) is 10.8 Å². The first-order valence-electron chi connectivity index (χ1n) is 4.74. The highest BCUT2D eigenvalue weighted by Crippen LogP contribution is 2.23. The zero-order valence-electron chi connectivity index (χ0n) is 8.18. The number of benzene rings is 1. The van der Waals surface area contributed by atoms with Crippen molar-refractivity contribution in [1.82, 2.24) is 15.2 Å². The first-order valence-corrected chi connectivity index (χ1v) is 4.74. The van der Waals surface area contributed by atoms with E-state index in [0.29, 0.717) is 5.69 Å². The normalized spacial score (nSPS) is 10.8. The van der Waals surface area contributed by atoms with Gasteiger partial charge in [0.05, 0.1) is 0 Å². The molecule has 16 heavy (non-hydrogen) atoms. The number of hydrogen-bond donors (Lipinski definition) is 1. The second kappa shape index (κ2) is 3.30. The molecule has 3 rings (SSSR count). The number of aromatic nitrogens is 3. The van der Waals surface area contributed by atoms with Gasteiger partial charge in [-0.1, -0.05) is 24.3 Å². The Labute approximate surface area is 89.8 Å². The van der Waals surface area contributed by atoms with E-state index in [1.165, 1.54) is 0 Å². The van der Waals surface area contributed by atoms with Crippen LogP contribution >= 0.6 is 0 Å². The second-order valence-electron chi connectivity index (χ2n) is 3.30. The molecular weight excluding hydrogens is 206 g/mol. The van der Waals surface area contributed by atoms with Crippen molar-refractivity contribution in [3.05, 3.63) is 47.1 Å². The molecule has 1 aromatic carbocycles. The highest BCUT2D eigenvalue weighted by atomic mass is 16.4. The van der Waals surface area contributed by atoms with E-state index in [-0.39, 0.29) is 5.89 Å². The SMILES string of the molecule is O=c1[nH]nc(-c2nccc3ccccc23)o1. The van der Waals surface area contributed by atoms with Gasteiger partial charge in [0.1, 0.15) is 5.69 Å². The average molecular weight is 213 g/mol. The molecule has 0 aliphatic carbocycles. The lowest BCUT2D eigenvalue weighted by atomic mass is 10.1. The van der Waals surface area contributed by atoms with Gasteiger partial charge in [-0.15, -0.1) is 5.10 Å². The molecule has 0 fully saturated rings. The number of nitrogens with zero attached hydrogens (tertiary/aromatic N) is 2. The van der Waals surface area contributed by atoms with Crippen LogP contribution in [0.25, 0.3) is 22.4 Å². The summed E-state index contributed by atoms with van der Waals surface area (Å²) in [6.45, 7) is 0. The van der Waals surface area contributed by atoms with Crippen LogP contribution in [-0.4, -0.2) is 15.2 Å². The van der Waals surface area contributed by atoms with Crippen molar-refractivity contribution >= 4 is 10.8 Å². The number of nitrogens with one attached hydrogen (secondary N) is 1. The van der Waals surface area contributed by atoms with Gasteiger partial charge in [-0.3, -0.25) is 4.98 Å². The fourth-order valence-corrected chi connectivity index (χ4v) is 1.62. The summed E-state index contributed by atoms with van der Waals surface area (Å²) in [5.41, 5.74) is 0.566. The Morgan fingerprint density at radius 1 is 1.19 bits per heavy atom. The maximum Gasteiger partial charge on any atom is 0.434 e. The van der Waals surface area contributed by atoms with Gasteiger partial charge in [-0.2, -0.15) is 0 Å². The van der Waals surface area contributed by atoms with Crippen LogP contribution in [0.3, 0.4) is 0 Å². The largest absolute Gasteiger partial charge is 0.434 e. The van der Waals surface area contributed by atoms with Gasteiger partial charge in [0, 0.05) is 11.6 Å². The maximum atomic E-state index is 10.9. The van der Waals surface area contributed by atoms with Crippen molar-refractivity contribution < 1.29 is 4.42 Å². The van der Waals surface area contributed by atoms with Crippen LogP contribution in [0.1, 0.15) is 0 Å². The molecule has 0 spiro atoms. The summed E-state index contributed by atoms with van der Waals surface area (Å²) in [5, 5.41) is 7.92. The lowest BCUT2D eigenvalue weighted by Gasteiger charge is -2.00. The van der Waals surface area contributed by atoms with Crippen LogP contribution in [0.5, 0.6) is 0 Å². The summed E-state index contributed by atoms with van der Waals surface area (Å²) in [5.74, 6) is -0.369. The zero-order chi connectivity index (χ0) is 11.0. The molecule has 0 unspecified atom stereocenters. The Morgan fingerprint density at radius 3 is 2.88 bits per heavy atom. The summed E-state index contributed by atoms with van der Waals surface area (Å²) in [4.78, 5) is 15.1. The fourth-order valence-electron chi connectivity index (χ4n) is 1.62. The minimum absolute atomic E-state index is 0.210. The lowest BCUT2D eigenvalue weighted by molar-refractivity contribution is 0.525. The molecule has 78 valence electrons. The molecule has 5 nitrogen and oxygen atoms in total. The van der Waals surface area contributed by atoms with Crippen LogP contribution in [0, 0.1) is 0 Å². The number of rotatable bonds is 1. The van der Waals surface area contributed by atoms with Crippen molar-refractivity contribution in [2.24, 2.45) is 0 Å². The van der Waals surface area contributed by atoms with E-state index in [4.69, 9.17) is 4.42 Å². The Balaban J connectivity index is 2.35. The molecular formula is C11H7N3O2. The third-order valence-electron chi connectivity index (χ3n) is 2.31. The highest BCUT2D eigenvalue weighted by molar-refractivity contribution is 5.92. The summed E-state index contributed by atoms with van der Waals surface area (Å²) in [6, 6.07) is 9.60. The molecule has 0 atom stereocenters. The molecule has 0 bridgehead atoms. The third kappa shape index (κ3) is 1.30. The quantitative estimate of drug-likeness (QED) is 0.666. The van der Waals surface area contributed by atoms with E-state index >= 15 is 0 Å². The van der Waals surface area contributed by atoms with Crippen molar-refractivity contribution in [3.8, 4) is 11.6 Å². The van der Waals surface area contributed by atoms with E-state index in [9.17, 15) is 4.79 Å². The molecule has 0 aliphatic heterocycles. The molecule has 0 radical (unpaired) electrons. The summed E-state index contributed by atoms with van der Waals surface area (Å²) < 4.78 is 4.89. The van der Waals surface area contributed by atoms with Crippen LogP contribution in [0.4, 0.5) is 0 Å². The molecule has 5 heteroatoms. The topological polar surface area (TPSA) is 71.8 Å². The van der Waals surface area contributed by atoms with Crippen LogP contribution in [0.2, 0.25) is 0 Å². The Bertz CT molecular complexity index is 694. The molecule has 0 aliphatic rings.